The van der Waals surface area contributed by atoms with Gasteiger partial charge < -0.3 is 9.50 Å². The molecule has 21 heavy (non-hydrogen) atoms. The van der Waals surface area contributed by atoms with E-state index in [9.17, 15) is 26.4 Å². The third-order valence-electron chi connectivity index (χ3n) is 2.49. The molecule has 5 nitrogen and oxygen atoms in total. The standard InChI is InChI=1S/C10H8F3NO4S.C2H6/c11-10(12,13)19(16,17)18-7-1-2-8-6(5-7)3-4-14-9(8)15;1-2/h1-2,5H,3-4H2,(H,14,15);1-2H3. The molecule has 0 aliphatic carbocycles. The van der Waals surface area contributed by atoms with E-state index in [0.29, 0.717) is 24.1 Å². The number of fused-ring (bicyclic) bond motifs is 1. The molecule has 1 aromatic carbocycles. The number of amides is 1. The summed E-state index contributed by atoms with van der Waals surface area (Å²) in [6.07, 6.45) is 0.393. The van der Waals surface area contributed by atoms with E-state index in [1.165, 1.54) is 6.07 Å². The van der Waals surface area contributed by atoms with Crippen molar-refractivity contribution in [2.45, 2.75) is 25.8 Å². The Bertz CT molecular complexity index is 626. The van der Waals surface area contributed by atoms with Crippen LogP contribution in [0.25, 0.3) is 0 Å². The number of rotatable bonds is 2. The molecule has 0 spiro atoms. The molecule has 1 amide bonds. The number of benzene rings is 1. The number of halogens is 3. The third-order valence-corrected chi connectivity index (χ3v) is 3.47. The highest BCUT2D eigenvalue weighted by molar-refractivity contribution is 7.88. The molecule has 0 saturated carbocycles. The van der Waals surface area contributed by atoms with Gasteiger partial charge in [-0.3, -0.25) is 4.79 Å². The summed E-state index contributed by atoms with van der Waals surface area (Å²) < 4.78 is 62.1. The van der Waals surface area contributed by atoms with Crippen LogP contribution in [0.3, 0.4) is 0 Å². The van der Waals surface area contributed by atoms with E-state index in [0.717, 1.165) is 12.1 Å². The Kier molecular flexibility index (Phi) is 5.21. The van der Waals surface area contributed by atoms with Crippen LogP contribution < -0.4 is 9.50 Å². The SMILES string of the molecule is CC.O=C1NCCc2cc(OS(=O)(=O)C(F)(F)F)ccc21. The largest absolute Gasteiger partial charge is 0.534 e. The molecule has 2 rings (SSSR count). The molecule has 0 fully saturated rings. The minimum Gasteiger partial charge on any atom is -0.376 e. The first-order valence-corrected chi connectivity index (χ1v) is 7.53. The number of hydrogen-bond donors (Lipinski definition) is 1. The van der Waals surface area contributed by atoms with Crippen LogP contribution in [-0.4, -0.2) is 26.4 Å². The quantitative estimate of drug-likeness (QED) is 0.668. The molecule has 0 bridgehead atoms. The van der Waals surface area contributed by atoms with Crippen LogP contribution in [0.4, 0.5) is 13.2 Å². The Morgan fingerprint density at radius 1 is 1.24 bits per heavy atom. The first-order valence-electron chi connectivity index (χ1n) is 6.12. The topological polar surface area (TPSA) is 72.5 Å². The molecule has 1 aliphatic heterocycles. The maximum atomic E-state index is 12.1. The van der Waals surface area contributed by atoms with Gasteiger partial charge in [-0.1, -0.05) is 13.8 Å². The highest BCUT2D eigenvalue weighted by Gasteiger charge is 2.48. The molecule has 0 aromatic heterocycles. The number of nitrogens with one attached hydrogen (secondary N) is 1. The number of alkyl halides is 3. The fourth-order valence-electron chi connectivity index (χ4n) is 1.63. The second-order valence-corrected chi connectivity index (χ2v) is 5.35. The summed E-state index contributed by atoms with van der Waals surface area (Å²) in [4.78, 5) is 11.4. The van der Waals surface area contributed by atoms with E-state index in [1.807, 2.05) is 13.8 Å². The maximum Gasteiger partial charge on any atom is 0.534 e. The van der Waals surface area contributed by atoms with Gasteiger partial charge in [-0.25, -0.2) is 0 Å². The second kappa shape index (κ2) is 6.33. The smallest absolute Gasteiger partial charge is 0.376 e. The van der Waals surface area contributed by atoms with E-state index >= 15 is 0 Å². The van der Waals surface area contributed by atoms with Crippen LogP contribution in [-0.2, 0) is 16.5 Å². The first-order chi connectivity index (χ1) is 9.71. The Morgan fingerprint density at radius 2 is 1.86 bits per heavy atom. The lowest BCUT2D eigenvalue weighted by molar-refractivity contribution is -0.0500. The van der Waals surface area contributed by atoms with Crippen molar-refractivity contribution in [1.82, 2.24) is 5.32 Å². The fraction of sp³-hybridized carbons (Fsp3) is 0.417. The van der Waals surface area contributed by atoms with Crippen LogP contribution in [0, 0.1) is 0 Å². The van der Waals surface area contributed by atoms with Crippen molar-refractivity contribution < 1.29 is 30.6 Å². The van der Waals surface area contributed by atoms with Crippen LogP contribution in [0.5, 0.6) is 5.75 Å². The molecule has 118 valence electrons. The summed E-state index contributed by atoms with van der Waals surface area (Å²) in [7, 11) is -5.69. The van der Waals surface area contributed by atoms with Crippen molar-refractivity contribution in [2.75, 3.05) is 6.54 Å². The number of carbonyl (C=O) groups excluding carboxylic acids is 1. The molecule has 0 saturated heterocycles. The van der Waals surface area contributed by atoms with Crippen molar-refractivity contribution in [3.63, 3.8) is 0 Å². The van der Waals surface area contributed by atoms with Crippen molar-refractivity contribution >= 4 is 16.0 Å². The van der Waals surface area contributed by atoms with Crippen molar-refractivity contribution in [2.24, 2.45) is 0 Å². The minimum atomic E-state index is -5.69. The summed E-state index contributed by atoms with van der Waals surface area (Å²) in [5.74, 6) is -0.822. The Labute approximate surface area is 120 Å². The minimum absolute atomic E-state index is 0.294. The molecule has 1 aliphatic rings. The Morgan fingerprint density at radius 3 is 2.43 bits per heavy atom. The van der Waals surface area contributed by atoms with Gasteiger partial charge in [0.05, 0.1) is 0 Å². The van der Waals surface area contributed by atoms with Crippen LogP contribution in [0.15, 0.2) is 18.2 Å². The lowest BCUT2D eigenvalue weighted by atomic mass is 10.0. The van der Waals surface area contributed by atoms with E-state index in [1.54, 1.807) is 0 Å². The zero-order valence-electron chi connectivity index (χ0n) is 11.3. The van der Waals surface area contributed by atoms with E-state index in [2.05, 4.69) is 9.50 Å². The van der Waals surface area contributed by atoms with Gasteiger partial charge in [0.1, 0.15) is 5.75 Å². The second-order valence-electron chi connectivity index (χ2n) is 3.81. The summed E-state index contributed by atoms with van der Waals surface area (Å²) in [6, 6.07) is 3.36. The monoisotopic (exact) mass is 325 g/mol. The summed E-state index contributed by atoms with van der Waals surface area (Å²) in [5, 5.41) is 2.55. The normalized spacial score (nSPS) is 14.4. The van der Waals surface area contributed by atoms with Gasteiger partial charge in [-0.2, -0.15) is 21.6 Å². The van der Waals surface area contributed by atoms with Gasteiger partial charge >= 0.3 is 15.6 Å². The Hall–Kier alpha value is -1.77. The van der Waals surface area contributed by atoms with Gasteiger partial charge in [-0.15, -0.1) is 0 Å². The van der Waals surface area contributed by atoms with Crippen LogP contribution >= 0.6 is 0 Å². The number of hydrogen-bond acceptors (Lipinski definition) is 4. The average Bonchev–Trinajstić information content (AvgIpc) is 2.39. The number of carbonyl (C=O) groups is 1. The predicted octanol–water partition coefficient (Wildman–Crippen LogP) is 2.23. The molecule has 0 radical (unpaired) electrons. The highest BCUT2D eigenvalue weighted by atomic mass is 32.2. The third kappa shape index (κ3) is 3.87. The van der Waals surface area contributed by atoms with Crippen molar-refractivity contribution in [3.05, 3.63) is 29.3 Å². The van der Waals surface area contributed by atoms with Gasteiger partial charge in [0.25, 0.3) is 5.91 Å². The molecule has 9 heteroatoms. The van der Waals surface area contributed by atoms with Crippen LogP contribution in [0.2, 0.25) is 0 Å². The predicted molar refractivity (Wildman–Crippen MR) is 69.4 cm³/mol. The molecule has 0 unspecified atom stereocenters. The van der Waals surface area contributed by atoms with Crippen molar-refractivity contribution in [3.8, 4) is 5.75 Å². The molecule has 1 aromatic rings. The lowest BCUT2D eigenvalue weighted by Crippen LogP contribution is -2.32. The molecule has 1 N–H and O–H groups in total. The van der Waals surface area contributed by atoms with Crippen molar-refractivity contribution in [1.29, 1.82) is 0 Å². The fourth-order valence-corrected chi connectivity index (χ4v) is 2.08. The lowest BCUT2D eigenvalue weighted by Gasteiger charge is -2.17. The van der Waals surface area contributed by atoms with Crippen LogP contribution in [0.1, 0.15) is 29.8 Å². The molecular formula is C12H14F3NO4S. The zero-order valence-corrected chi connectivity index (χ0v) is 12.1. The zero-order chi connectivity index (χ0) is 16.3. The Balaban J connectivity index is 0.00000106. The van der Waals surface area contributed by atoms with Gasteiger partial charge in [0.15, 0.2) is 0 Å². The molecule has 1 heterocycles. The van der Waals surface area contributed by atoms with E-state index < -0.39 is 21.4 Å². The molecule has 0 atom stereocenters. The van der Waals surface area contributed by atoms with E-state index in [4.69, 9.17) is 0 Å². The summed E-state index contributed by atoms with van der Waals surface area (Å²) >= 11 is 0. The average molecular weight is 325 g/mol. The van der Waals surface area contributed by atoms with E-state index in [-0.39, 0.29) is 5.91 Å². The van der Waals surface area contributed by atoms with Gasteiger partial charge in [0.2, 0.25) is 0 Å². The van der Waals surface area contributed by atoms with Gasteiger partial charge in [0, 0.05) is 12.1 Å². The first kappa shape index (κ1) is 17.3. The highest BCUT2D eigenvalue weighted by Crippen LogP contribution is 2.28. The summed E-state index contributed by atoms with van der Waals surface area (Å²) in [6.45, 7) is 4.33. The summed E-state index contributed by atoms with van der Waals surface area (Å²) in [5.41, 5.74) is -4.75. The van der Waals surface area contributed by atoms with Gasteiger partial charge in [-0.05, 0) is 30.2 Å². The molecular weight excluding hydrogens is 311 g/mol. The maximum absolute atomic E-state index is 12.1.